The van der Waals surface area contributed by atoms with Crippen LogP contribution < -0.4 is 0 Å². The zero-order valence-electron chi connectivity index (χ0n) is 17.8. The van der Waals surface area contributed by atoms with E-state index in [4.69, 9.17) is 0 Å². The highest BCUT2D eigenvalue weighted by molar-refractivity contribution is 6.00. The second-order valence-corrected chi connectivity index (χ2v) is 8.19. The van der Waals surface area contributed by atoms with Gasteiger partial charge in [-0.2, -0.15) is 0 Å². The quantitative estimate of drug-likeness (QED) is 0.343. The number of rotatable bonds is 9. The SMILES string of the molecule is C=C.CCCCCCCC1=C(O)C(=O)C2[C@H](C1C(=O)CCO)[C@@H](O)C[C@@H](C)[C@H]2O. The predicted molar refractivity (Wildman–Crippen MR) is 112 cm³/mol. The summed E-state index contributed by atoms with van der Waals surface area (Å²) in [7, 11) is 0. The molecule has 2 aliphatic carbocycles. The van der Waals surface area contributed by atoms with Crippen LogP contribution in [0.25, 0.3) is 0 Å². The molecule has 0 heterocycles. The van der Waals surface area contributed by atoms with Crippen LogP contribution in [0.1, 0.15) is 65.2 Å². The molecule has 29 heavy (non-hydrogen) atoms. The van der Waals surface area contributed by atoms with Crippen LogP contribution in [0.4, 0.5) is 0 Å². The summed E-state index contributed by atoms with van der Waals surface area (Å²) in [5.74, 6) is -4.07. The van der Waals surface area contributed by atoms with E-state index in [0.717, 1.165) is 32.1 Å². The minimum atomic E-state index is -0.997. The van der Waals surface area contributed by atoms with Crippen LogP contribution in [0.5, 0.6) is 0 Å². The number of fused-ring (bicyclic) bond motifs is 1. The van der Waals surface area contributed by atoms with E-state index in [1.165, 1.54) is 0 Å². The summed E-state index contributed by atoms with van der Waals surface area (Å²) < 4.78 is 0. The lowest BCUT2D eigenvalue weighted by molar-refractivity contribution is -0.150. The largest absolute Gasteiger partial charge is 0.504 e. The van der Waals surface area contributed by atoms with Crippen LogP contribution in [0.3, 0.4) is 0 Å². The second-order valence-electron chi connectivity index (χ2n) is 8.19. The molecule has 0 aromatic heterocycles. The second kappa shape index (κ2) is 12.3. The van der Waals surface area contributed by atoms with Gasteiger partial charge in [0.2, 0.25) is 5.78 Å². The van der Waals surface area contributed by atoms with Gasteiger partial charge in [0.1, 0.15) is 5.78 Å². The highest BCUT2D eigenvalue weighted by Gasteiger charge is 2.55. The van der Waals surface area contributed by atoms with Gasteiger partial charge in [-0.25, -0.2) is 0 Å². The number of aliphatic hydroxyl groups is 4. The molecule has 1 fully saturated rings. The zero-order chi connectivity index (χ0) is 22.1. The van der Waals surface area contributed by atoms with Gasteiger partial charge in [-0.3, -0.25) is 9.59 Å². The number of aliphatic hydroxyl groups excluding tert-OH is 4. The smallest absolute Gasteiger partial charge is 0.203 e. The van der Waals surface area contributed by atoms with Crippen LogP contribution in [-0.2, 0) is 9.59 Å². The highest BCUT2D eigenvalue weighted by Crippen LogP contribution is 2.47. The molecule has 166 valence electrons. The monoisotopic (exact) mass is 410 g/mol. The Morgan fingerprint density at radius 1 is 1.14 bits per heavy atom. The molecule has 0 bridgehead atoms. The van der Waals surface area contributed by atoms with Crippen molar-refractivity contribution in [1.29, 1.82) is 0 Å². The zero-order valence-corrected chi connectivity index (χ0v) is 17.8. The van der Waals surface area contributed by atoms with E-state index < -0.39 is 41.5 Å². The van der Waals surface area contributed by atoms with Gasteiger partial charge in [0, 0.05) is 24.9 Å². The molecule has 0 aromatic carbocycles. The Morgan fingerprint density at radius 2 is 1.76 bits per heavy atom. The maximum Gasteiger partial charge on any atom is 0.203 e. The van der Waals surface area contributed by atoms with Crippen LogP contribution >= 0.6 is 0 Å². The summed E-state index contributed by atoms with van der Waals surface area (Å²) in [6, 6.07) is 0. The van der Waals surface area contributed by atoms with E-state index in [1.54, 1.807) is 6.92 Å². The fraction of sp³-hybridized carbons (Fsp3) is 0.739. The first kappa shape index (κ1) is 25.5. The number of ketones is 2. The van der Waals surface area contributed by atoms with E-state index >= 15 is 0 Å². The van der Waals surface area contributed by atoms with E-state index in [0.29, 0.717) is 18.4 Å². The fourth-order valence-corrected chi connectivity index (χ4v) is 4.82. The normalized spacial score (nSPS) is 31.7. The van der Waals surface area contributed by atoms with Crippen LogP contribution in [0.15, 0.2) is 24.5 Å². The molecular formula is C23H38O6. The molecule has 0 saturated heterocycles. The van der Waals surface area contributed by atoms with Gasteiger partial charge in [0.05, 0.1) is 18.1 Å². The third-order valence-electron chi connectivity index (χ3n) is 6.28. The van der Waals surface area contributed by atoms with Gasteiger partial charge in [0.15, 0.2) is 5.76 Å². The van der Waals surface area contributed by atoms with Crippen LogP contribution in [-0.4, -0.2) is 50.8 Å². The van der Waals surface area contributed by atoms with Gasteiger partial charge in [0.25, 0.3) is 0 Å². The number of hydrogen-bond donors (Lipinski definition) is 4. The number of carbonyl (C=O) groups excluding carboxylic acids is 2. The molecule has 0 aromatic rings. The first-order valence-electron chi connectivity index (χ1n) is 10.8. The lowest BCUT2D eigenvalue weighted by atomic mass is 9.58. The molecule has 1 saturated carbocycles. The van der Waals surface area contributed by atoms with Gasteiger partial charge in [-0.1, -0.05) is 39.5 Å². The molecule has 2 rings (SSSR count). The Kier molecular flexibility index (Phi) is 10.8. The summed E-state index contributed by atoms with van der Waals surface area (Å²) in [6.07, 6.45) is 3.72. The van der Waals surface area contributed by atoms with E-state index in [2.05, 4.69) is 20.1 Å². The molecular weight excluding hydrogens is 372 g/mol. The standard InChI is InChI=1S/C21H34O6.C2H4/c1-3-4-5-6-7-8-13-16(14(23)9-10-22)17-15(24)11-12(2)19(25)18(17)21(27)20(13)26;1-2/h12,15-19,22,24-26H,3-11H2,1-2H3;1-2H2/t12-,15+,16?,17+,18?,19-;/m1./s1. The van der Waals surface area contributed by atoms with Crippen molar-refractivity contribution in [2.24, 2.45) is 23.7 Å². The Balaban J connectivity index is 0.00000204. The molecule has 6 nitrogen and oxygen atoms in total. The molecule has 2 aliphatic rings. The molecule has 0 aliphatic heterocycles. The maximum absolute atomic E-state index is 12.8. The lowest BCUT2D eigenvalue weighted by Crippen LogP contribution is -2.56. The topological polar surface area (TPSA) is 115 Å². The average Bonchev–Trinajstić information content (AvgIpc) is 2.70. The number of unbranched alkanes of at least 4 members (excludes halogenated alkanes) is 4. The molecule has 2 unspecified atom stereocenters. The number of Topliss-reactive ketones (excluding diaryl/α,β-unsaturated/α-hetero) is 2. The summed E-state index contributed by atoms with van der Waals surface area (Å²) >= 11 is 0. The van der Waals surface area contributed by atoms with Crippen LogP contribution in [0.2, 0.25) is 0 Å². The number of carbonyl (C=O) groups is 2. The maximum atomic E-state index is 12.8. The van der Waals surface area contributed by atoms with Crippen molar-refractivity contribution in [2.75, 3.05) is 6.61 Å². The van der Waals surface area contributed by atoms with Gasteiger partial charge >= 0.3 is 0 Å². The summed E-state index contributed by atoms with van der Waals surface area (Å²) in [6.45, 7) is 9.56. The van der Waals surface area contributed by atoms with Crippen molar-refractivity contribution in [3.05, 3.63) is 24.5 Å². The molecule has 6 heteroatoms. The predicted octanol–water partition coefficient (Wildman–Crippen LogP) is 3.11. The van der Waals surface area contributed by atoms with E-state index in [1.807, 2.05) is 0 Å². The van der Waals surface area contributed by atoms with Gasteiger partial charge in [-0.05, 0) is 30.8 Å². The third-order valence-corrected chi connectivity index (χ3v) is 6.28. The van der Waals surface area contributed by atoms with Crippen molar-refractivity contribution in [1.82, 2.24) is 0 Å². The van der Waals surface area contributed by atoms with Crippen molar-refractivity contribution < 1.29 is 30.0 Å². The van der Waals surface area contributed by atoms with Crippen molar-refractivity contribution in [2.45, 2.75) is 77.4 Å². The Bertz CT molecular complexity index is 584. The van der Waals surface area contributed by atoms with Crippen molar-refractivity contribution >= 4 is 11.6 Å². The third kappa shape index (κ3) is 5.77. The minimum Gasteiger partial charge on any atom is -0.504 e. The van der Waals surface area contributed by atoms with Crippen molar-refractivity contribution in [3.63, 3.8) is 0 Å². The van der Waals surface area contributed by atoms with Gasteiger partial charge in [-0.15, -0.1) is 13.2 Å². The summed E-state index contributed by atoms with van der Waals surface area (Å²) in [4.78, 5) is 25.6. The average molecular weight is 411 g/mol. The van der Waals surface area contributed by atoms with Crippen LogP contribution in [0, 0.1) is 23.7 Å². The lowest BCUT2D eigenvalue weighted by Gasteiger charge is -2.47. The minimum absolute atomic E-state index is 0.0902. The van der Waals surface area contributed by atoms with Crippen molar-refractivity contribution in [3.8, 4) is 0 Å². The molecule has 0 radical (unpaired) electrons. The van der Waals surface area contributed by atoms with E-state index in [9.17, 15) is 30.0 Å². The van der Waals surface area contributed by atoms with Gasteiger partial charge < -0.3 is 20.4 Å². The summed E-state index contributed by atoms with van der Waals surface area (Å²) in [5.41, 5.74) is 0.386. The molecule has 0 spiro atoms. The number of allylic oxidation sites excluding steroid dienone is 2. The van der Waals surface area contributed by atoms with E-state index in [-0.39, 0.29) is 24.7 Å². The molecule has 0 amide bonds. The first-order chi connectivity index (χ1) is 13.8. The Morgan fingerprint density at radius 3 is 2.34 bits per heavy atom. The number of hydrogen-bond acceptors (Lipinski definition) is 6. The summed E-state index contributed by atoms with van der Waals surface area (Å²) in [5, 5.41) is 41.0. The first-order valence-corrected chi connectivity index (χ1v) is 10.8. The Labute approximate surface area is 174 Å². The fourth-order valence-electron chi connectivity index (χ4n) is 4.82. The molecule has 4 N–H and O–H groups in total. The molecule has 6 atom stereocenters. The Hall–Kier alpha value is -1.50. The highest BCUT2D eigenvalue weighted by atomic mass is 16.3.